The maximum absolute atomic E-state index is 8.56. The third-order valence-electron chi connectivity index (χ3n) is 3.41. The highest BCUT2D eigenvalue weighted by Crippen LogP contribution is 2.26. The summed E-state index contributed by atoms with van der Waals surface area (Å²) < 4.78 is 5.73. The Balaban J connectivity index is 1.84. The lowest BCUT2D eigenvalue weighted by atomic mass is 10.1. The zero-order valence-electron chi connectivity index (χ0n) is 14.3. The highest BCUT2D eigenvalue weighted by atomic mass is 32.2. The number of aliphatic imine (C=N–C) groups is 1. The molecular weight excluding hydrogens is 322 g/mol. The fourth-order valence-corrected chi connectivity index (χ4v) is 3.18. The van der Waals surface area contributed by atoms with Crippen LogP contribution in [0.25, 0.3) is 10.8 Å². The molecule has 0 aliphatic carbocycles. The molecule has 0 aliphatic rings. The summed E-state index contributed by atoms with van der Waals surface area (Å²) in [4.78, 5) is 6.09. The number of furan rings is 1. The van der Waals surface area contributed by atoms with Crippen LogP contribution in [0.4, 0.5) is 0 Å². The van der Waals surface area contributed by atoms with Gasteiger partial charge in [0.25, 0.3) is 0 Å². The van der Waals surface area contributed by atoms with Gasteiger partial charge in [0.05, 0.1) is 12.0 Å². The summed E-state index contributed by atoms with van der Waals surface area (Å²) in [6, 6.07) is 6.49. The van der Waals surface area contributed by atoms with Crippen molar-refractivity contribution in [3.63, 3.8) is 0 Å². The quantitative estimate of drug-likeness (QED) is 0.264. The van der Waals surface area contributed by atoms with Crippen molar-refractivity contribution in [2.75, 3.05) is 33.4 Å². The van der Waals surface area contributed by atoms with Crippen LogP contribution >= 0.6 is 11.8 Å². The highest BCUT2D eigenvalue weighted by molar-refractivity contribution is 7.98. The molecule has 7 heteroatoms. The molecule has 1 aromatic carbocycles. The highest BCUT2D eigenvalue weighted by Gasteiger charge is 2.07. The van der Waals surface area contributed by atoms with Gasteiger partial charge in [0.2, 0.25) is 5.96 Å². The smallest absolute Gasteiger partial charge is 0.204 e. The molecule has 0 bridgehead atoms. The van der Waals surface area contributed by atoms with Crippen LogP contribution in [-0.4, -0.2) is 44.3 Å². The van der Waals surface area contributed by atoms with Gasteiger partial charge in [0, 0.05) is 36.7 Å². The van der Waals surface area contributed by atoms with Crippen molar-refractivity contribution in [2.45, 2.75) is 12.3 Å². The Hall–Kier alpha value is -2.17. The minimum Gasteiger partial charge on any atom is -0.467 e. The molecule has 2 aromatic rings. The Morgan fingerprint density at radius 1 is 1.42 bits per heavy atom. The molecule has 0 atom stereocenters. The monoisotopic (exact) mass is 345 g/mol. The van der Waals surface area contributed by atoms with Crippen LogP contribution in [0.15, 0.2) is 33.9 Å². The van der Waals surface area contributed by atoms with Crippen molar-refractivity contribution in [3.8, 4) is 6.19 Å². The lowest BCUT2D eigenvalue weighted by Crippen LogP contribution is -2.35. The number of hydrogen-bond acceptors (Lipinski definition) is 5. The van der Waals surface area contributed by atoms with Crippen LogP contribution in [0, 0.1) is 11.5 Å². The normalized spacial score (nSPS) is 11.7. The summed E-state index contributed by atoms with van der Waals surface area (Å²) in [5.74, 6) is 3.22. The van der Waals surface area contributed by atoms with Crippen molar-refractivity contribution >= 4 is 28.5 Å². The van der Waals surface area contributed by atoms with E-state index < -0.39 is 0 Å². The fourth-order valence-electron chi connectivity index (χ4n) is 2.38. The summed E-state index contributed by atoms with van der Waals surface area (Å²) >= 11 is 1.78. The molecule has 0 aliphatic heterocycles. The van der Waals surface area contributed by atoms with Crippen LogP contribution in [-0.2, 0) is 12.3 Å². The summed E-state index contributed by atoms with van der Waals surface area (Å²) in [6.07, 6.45) is 3.68. The lowest BCUT2D eigenvalue weighted by Gasteiger charge is -2.09. The largest absolute Gasteiger partial charge is 0.467 e. The number of rotatable bonds is 7. The second-order valence-corrected chi connectivity index (χ2v) is 6.71. The molecule has 1 heterocycles. The van der Waals surface area contributed by atoms with E-state index in [2.05, 4.69) is 52.8 Å². The lowest BCUT2D eigenvalue weighted by molar-refractivity contribution is 0.403. The number of guanidine groups is 1. The minimum absolute atomic E-state index is 0.495. The molecule has 0 spiro atoms. The molecule has 2 rings (SSSR count). The van der Waals surface area contributed by atoms with Gasteiger partial charge in [-0.1, -0.05) is 12.1 Å². The summed E-state index contributed by atoms with van der Waals surface area (Å²) in [6.45, 7) is 1.66. The topological polar surface area (TPSA) is 76.6 Å². The molecule has 0 unspecified atom stereocenters. The van der Waals surface area contributed by atoms with Gasteiger partial charge in [-0.2, -0.15) is 17.0 Å². The first kappa shape index (κ1) is 18.2. The van der Waals surface area contributed by atoms with E-state index in [0.29, 0.717) is 5.96 Å². The molecule has 1 aromatic heterocycles. The molecule has 0 saturated heterocycles. The standard InChI is InChI=1S/C17H23N5OS/c1-19-17(21-12-18)20-6-7-24-11-16-15-5-4-13(9-22(2)3)8-14(15)10-23-16/h4-5,8,10H,6-7,9,11H2,1-3H3,(H2,19,20,21). The van der Waals surface area contributed by atoms with E-state index in [-0.39, 0.29) is 0 Å². The van der Waals surface area contributed by atoms with E-state index in [0.717, 1.165) is 35.7 Å². The van der Waals surface area contributed by atoms with E-state index in [1.807, 2.05) is 12.5 Å². The number of hydrogen-bond donors (Lipinski definition) is 2. The van der Waals surface area contributed by atoms with Gasteiger partial charge in [-0.3, -0.25) is 10.3 Å². The van der Waals surface area contributed by atoms with E-state index in [9.17, 15) is 0 Å². The molecule has 128 valence electrons. The third-order valence-corrected chi connectivity index (χ3v) is 4.37. The molecule has 6 nitrogen and oxygen atoms in total. The number of benzene rings is 1. The van der Waals surface area contributed by atoms with Crippen molar-refractivity contribution in [2.24, 2.45) is 4.99 Å². The van der Waals surface area contributed by atoms with Crippen molar-refractivity contribution in [1.82, 2.24) is 15.5 Å². The van der Waals surface area contributed by atoms with Crippen LogP contribution in [0.2, 0.25) is 0 Å². The summed E-state index contributed by atoms with van der Waals surface area (Å²) in [5, 5.41) is 16.5. The number of nitrogens with zero attached hydrogens (tertiary/aromatic N) is 3. The van der Waals surface area contributed by atoms with Crippen molar-refractivity contribution < 1.29 is 4.42 Å². The number of nitrogens with one attached hydrogen (secondary N) is 2. The van der Waals surface area contributed by atoms with Crippen LogP contribution in [0.3, 0.4) is 0 Å². The Morgan fingerprint density at radius 3 is 2.96 bits per heavy atom. The Kier molecular flexibility index (Phi) is 6.97. The van der Waals surface area contributed by atoms with Gasteiger partial charge in [0.15, 0.2) is 6.19 Å². The fraction of sp³-hybridized carbons (Fsp3) is 0.412. The van der Waals surface area contributed by atoms with Gasteiger partial charge in [-0.25, -0.2) is 0 Å². The van der Waals surface area contributed by atoms with E-state index in [1.54, 1.807) is 18.8 Å². The van der Waals surface area contributed by atoms with Crippen LogP contribution in [0.5, 0.6) is 0 Å². The number of thioether (sulfide) groups is 1. The van der Waals surface area contributed by atoms with Gasteiger partial charge in [-0.15, -0.1) is 0 Å². The predicted molar refractivity (Wildman–Crippen MR) is 99.9 cm³/mol. The van der Waals surface area contributed by atoms with E-state index in [4.69, 9.17) is 9.68 Å². The SMILES string of the molecule is CN=C(NC#N)NCCSCc1occ2cc(CN(C)C)ccc12. The summed E-state index contributed by atoms with van der Waals surface area (Å²) in [5.41, 5.74) is 1.29. The first-order valence-electron chi connectivity index (χ1n) is 7.71. The number of nitriles is 1. The van der Waals surface area contributed by atoms with Crippen molar-refractivity contribution in [1.29, 1.82) is 5.26 Å². The molecule has 0 radical (unpaired) electrons. The average Bonchev–Trinajstić information content (AvgIpc) is 2.95. The van der Waals surface area contributed by atoms with Gasteiger partial charge in [0.1, 0.15) is 5.76 Å². The summed E-state index contributed by atoms with van der Waals surface area (Å²) in [7, 11) is 5.77. The third kappa shape index (κ3) is 5.18. The van der Waals surface area contributed by atoms with Crippen LogP contribution < -0.4 is 10.6 Å². The Morgan fingerprint density at radius 2 is 2.25 bits per heavy atom. The van der Waals surface area contributed by atoms with Crippen LogP contribution in [0.1, 0.15) is 11.3 Å². The molecule has 0 fully saturated rings. The maximum atomic E-state index is 8.56. The molecule has 2 N–H and O–H groups in total. The van der Waals surface area contributed by atoms with Gasteiger partial charge in [-0.05, 0) is 25.7 Å². The molecule has 0 saturated carbocycles. The first-order valence-corrected chi connectivity index (χ1v) is 8.86. The zero-order chi connectivity index (χ0) is 17.4. The average molecular weight is 345 g/mol. The van der Waals surface area contributed by atoms with Gasteiger partial charge >= 0.3 is 0 Å². The maximum Gasteiger partial charge on any atom is 0.204 e. The zero-order valence-corrected chi connectivity index (χ0v) is 15.1. The minimum atomic E-state index is 0.495. The molecule has 0 amide bonds. The van der Waals surface area contributed by atoms with Crippen molar-refractivity contribution in [3.05, 3.63) is 35.8 Å². The van der Waals surface area contributed by atoms with E-state index in [1.165, 1.54) is 10.9 Å². The Labute approximate surface area is 146 Å². The predicted octanol–water partition coefficient (Wildman–Crippen LogP) is 2.37. The molecule has 24 heavy (non-hydrogen) atoms. The first-order chi connectivity index (χ1) is 11.6. The van der Waals surface area contributed by atoms with Gasteiger partial charge < -0.3 is 14.6 Å². The number of fused-ring (bicyclic) bond motifs is 1. The second kappa shape index (κ2) is 9.21. The second-order valence-electron chi connectivity index (χ2n) is 5.61. The molecular formula is C17H23N5OS. The van der Waals surface area contributed by atoms with E-state index >= 15 is 0 Å². The Bertz CT molecular complexity index is 732.